The number of methoxy groups -OCH3 is 1. The molecule has 1 N–H and O–H groups in total. The number of piperazine rings is 1. The molecule has 0 aromatic heterocycles. The van der Waals surface area contributed by atoms with Crippen LogP contribution in [0, 0.1) is 6.92 Å². The Morgan fingerprint density at radius 2 is 1.63 bits per heavy atom. The highest BCUT2D eigenvalue weighted by Crippen LogP contribution is 2.36. The minimum Gasteiger partial charge on any atom is -0.495 e. The van der Waals surface area contributed by atoms with Crippen molar-refractivity contribution in [1.82, 2.24) is 4.90 Å². The summed E-state index contributed by atoms with van der Waals surface area (Å²) in [4.78, 5) is 44.6. The van der Waals surface area contributed by atoms with Crippen molar-refractivity contribution in [1.29, 1.82) is 0 Å². The predicted molar refractivity (Wildman–Crippen MR) is 148 cm³/mol. The molecule has 0 bridgehead atoms. The van der Waals surface area contributed by atoms with Crippen LogP contribution in [0.2, 0.25) is 0 Å². The molecule has 1 fully saturated rings. The van der Waals surface area contributed by atoms with E-state index in [1.165, 1.54) is 7.11 Å². The summed E-state index contributed by atoms with van der Waals surface area (Å²) < 4.78 is 5.36. The fourth-order valence-corrected chi connectivity index (χ4v) is 4.88. The SMILES string of the molecule is COc1ccc(C)cc1N1C(=O)C(Cl)=C(Nc2cccc(C(=O)N3CCN(c4ccccc4)CC3)c2)C1=O. The third-order valence-corrected chi connectivity index (χ3v) is 7.02. The van der Waals surface area contributed by atoms with Gasteiger partial charge in [0.15, 0.2) is 0 Å². The van der Waals surface area contributed by atoms with E-state index in [1.54, 1.807) is 36.4 Å². The molecular weight excluding hydrogens is 504 g/mol. The molecule has 1 saturated heterocycles. The van der Waals surface area contributed by atoms with Gasteiger partial charge in [0.1, 0.15) is 16.5 Å². The highest BCUT2D eigenvalue weighted by molar-refractivity contribution is 6.53. The molecule has 2 aliphatic heterocycles. The molecule has 8 nitrogen and oxygen atoms in total. The first-order chi connectivity index (χ1) is 18.4. The molecular formula is C29H27ClN4O4. The number of ether oxygens (including phenoxy) is 1. The first-order valence-corrected chi connectivity index (χ1v) is 12.6. The number of anilines is 3. The smallest absolute Gasteiger partial charge is 0.283 e. The summed E-state index contributed by atoms with van der Waals surface area (Å²) in [5, 5.41) is 2.74. The number of hydrogen-bond acceptors (Lipinski definition) is 6. The van der Waals surface area contributed by atoms with Gasteiger partial charge in [-0.2, -0.15) is 0 Å². The Kier molecular flexibility index (Phi) is 7.07. The number of benzene rings is 3. The van der Waals surface area contributed by atoms with Crippen LogP contribution in [0.25, 0.3) is 0 Å². The van der Waals surface area contributed by atoms with E-state index in [4.69, 9.17) is 16.3 Å². The van der Waals surface area contributed by atoms with Gasteiger partial charge in [-0.25, -0.2) is 4.90 Å². The number of nitrogens with one attached hydrogen (secondary N) is 1. The highest BCUT2D eigenvalue weighted by atomic mass is 35.5. The number of carbonyl (C=O) groups excluding carboxylic acids is 3. The predicted octanol–water partition coefficient (Wildman–Crippen LogP) is 4.40. The summed E-state index contributed by atoms with van der Waals surface area (Å²) in [6.07, 6.45) is 0. The fraction of sp³-hybridized carbons (Fsp3) is 0.207. The number of halogens is 1. The van der Waals surface area contributed by atoms with Crippen LogP contribution in [0.1, 0.15) is 15.9 Å². The first-order valence-electron chi connectivity index (χ1n) is 12.3. The molecule has 3 aromatic carbocycles. The van der Waals surface area contributed by atoms with Crippen LogP contribution in [-0.2, 0) is 9.59 Å². The molecule has 0 spiro atoms. The molecule has 0 radical (unpaired) electrons. The molecule has 0 aliphatic carbocycles. The summed E-state index contributed by atoms with van der Waals surface area (Å²) in [6, 6.07) is 22.2. The van der Waals surface area contributed by atoms with Gasteiger partial charge in [0, 0.05) is 43.1 Å². The summed E-state index contributed by atoms with van der Waals surface area (Å²) in [5.41, 5.74) is 3.22. The van der Waals surface area contributed by atoms with Crippen molar-refractivity contribution in [2.24, 2.45) is 0 Å². The molecule has 5 rings (SSSR count). The Morgan fingerprint density at radius 1 is 0.895 bits per heavy atom. The maximum absolute atomic E-state index is 13.3. The topological polar surface area (TPSA) is 82.2 Å². The van der Waals surface area contributed by atoms with Crippen molar-refractivity contribution in [3.8, 4) is 5.75 Å². The molecule has 194 valence electrons. The summed E-state index contributed by atoms with van der Waals surface area (Å²) in [6.45, 7) is 4.54. The lowest BCUT2D eigenvalue weighted by Crippen LogP contribution is -2.48. The third kappa shape index (κ3) is 4.82. The molecule has 0 atom stereocenters. The second-order valence-electron chi connectivity index (χ2n) is 9.13. The number of imide groups is 1. The van der Waals surface area contributed by atoms with E-state index < -0.39 is 11.8 Å². The standard InChI is InChI=1S/C29H27ClN4O4/c1-19-11-12-24(38-2)23(17-19)34-28(36)25(30)26(29(34)37)31-21-8-6-7-20(18-21)27(35)33-15-13-32(14-16-33)22-9-4-3-5-10-22/h3-12,17-18,31H,13-16H2,1-2H3. The number of carbonyl (C=O) groups is 3. The highest BCUT2D eigenvalue weighted by Gasteiger charge is 2.40. The van der Waals surface area contributed by atoms with E-state index in [0.29, 0.717) is 35.8 Å². The van der Waals surface area contributed by atoms with Crippen LogP contribution in [0.3, 0.4) is 0 Å². The summed E-state index contributed by atoms with van der Waals surface area (Å²) in [5.74, 6) is -0.964. The average molecular weight is 531 g/mol. The van der Waals surface area contributed by atoms with Gasteiger partial charge in [-0.3, -0.25) is 14.4 Å². The number of para-hydroxylation sites is 1. The van der Waals surface area contributed by atoms with Gasteiger partial charge in [-0.15, -0.1) is 0 Å². The molecule has 9 heteroatoms. The zero-order valence-corrected chi connectivity index (χ0v) is 21.9. The largest absolute Gasteiger partial charge is 0.495 e. The quantitative estimate of drug-likeness (QED) is 0.476. The lowest BCUT2D eigenvalue weighted by molar-refractivity contribution is -0.120. The van der Waals surface area contributed by atoms with Crippen molar-refractivity contribution >= 4 is 46.4 Å². The van der Waals surface area contributed by atoms with E-state index in [1.807, 2.05) is 36.1 Å². The molecule has 0 saturated carbocycles. The molecule has 38 heavy (non-hydrogen) atoms. The maximum Gasteiger partial charge on any atom is 0.283 e. The summed E-state index contributed by atoms with van der Waals surface area (Å²) >= 11 is 6.33. The van der Waals surface area contributed by atoms with Gasteiger partial charge < -0.3 is 19.9 Å². The van der Waals surface area contributed by atoms with Gasteiger partial charge in [0.2, 0.25) is 0 Å². The zero-order valence-electron chi connectivity index (χ0n) is 21.1. The Bertz CT molecular complexity index is 1430. The second-order valence-corrected chi connectivity index (χ2v) is 9.51. The van der Waals surface area contributed by atoms with Gasteiger partial charge in [0.25, 0.3) is 17.7 Å². The van der Waals surface area contributed by atoms with Gasteiger partial charge in [-0.05, 0) is 55.0 Å². The van der Waals surface area contributed by atoms with E-state index in [0.717, 1.165) is 29.2 Å². The molecule has 3 aromatic rings. The molecule has 0 unspecified atom stereocenters. The lowest BCUT2D eigenvalue weighted by atomic mass is 10.1. The minimum absolute atomic E-state index is 0.0544. The van der Waals surface area contributed by atoms with Crippen molar-refractivity contribution in [3.05, 3.63) is 94.7 Å². The molecule has 2 heterocycles. The number of nitrogens with zero attached hydrogens (tertiary/aromatic N) is 3. The van der Waals surface area contributed by atoms with Crippen LogP contribution < -0.4 is 19.9 Å². The normalized spacial score (nSPS) is 15.8. The Hall–Kier alpha value is -4.30. The second kappa shape index (κ2) is 10.6. The summed E-state index contributed by atoms with van der Waals surface area (Å²) in [7, 11) is 1.47. The first kappa shape index (κ1) is 25.4. The maximum atomic E-state index is 13.3. The molecule has 2 aliphatic rings. The van der Waals surface area contributed by atoms with Crippen LogP contribution >= 0.6 is 11.6 Å². The Labute approximate surface area is 226 Å². The van der Waals surface area contributed by atoms with E-state index in [2.05, 4.69) is 22.3 Å². The number of rotatable bonds is 6. The van der Waals surface area contributed by atoms with Crippen LogP contribution in [-0.4, -0.2) is 55.9 Å². The number of amides is 3. The van der Waals surface area contributed by atoms with E-state index >= 15 is 0 Å². The van der Waals surface area contributed by atoms with E-state index in [-0.39, 0.29) is 16.6 Å². The van der Waals surface area contributed by atoms with Crippen molar-refractivity contribution in [2.45, 2.75) is 6.92 Å². The monoisotopic (exact) mass is 530 g/mol. The van der Waals surface area contributed by atoms with Crippen LogP contribution in [0.4, 0.5) is 17.1 Å². The zero-order chi connectivity index (χ0) is 26.8. The minimum atomic E-state index is -0.647. The van der Waals surface area contributed by atoms with E-state index in [9.17, 15) is 14.4 Å². The van der Waals surface area contributed by atoms with Crippen LogP contribution in [0.15, 0.2) is 83.5 Å². The Morgan fingerprint density at radius 3 is 2.34 bits per heavy atom. The van der Waals surface area contributed by atoms with Gasteiger partial charge in [0.05, 0.1) is 12.8 Å². The van der Waals surface area contributed by atoms with Gasteiger partial charge >= 0.3 is 0 Å². The number of hydrogen-bond donors (Lipinski definition) is 1. The average Bonchev–Trinajstić information content (AvgIpc) is 3.16. The van der Waals surface area contributed by atoms with Crippen molar-refractivity contribution in [3.63, 3.8) is 0 Å². The van der Waals surface area contributed by atoms with Gasteiger partial charge in [-0.1, -0.05) is 41.9 Å². The third-order valence-electron chi connectivity index (χ3n) is 6.67. The lowest BCUT2D eigenvalue weighted by Gasteiger charge is -2.36. The fourth-order valence-electron chi connectivity index (χ4n) is 4.67. The Balaban J connectivity index is 1.30. The number of aryl methyl sites for hydroxylation is 1. The van der Waals surface area contributed by atoms with Crippen molar-refractivity contribution < 1.29 is 19.1 Å². The van der Waals surface area contributed by atoms with Crippen molar-refractivity contribution in [2.75, 3.05) is 48.4 Å². The molecule has 3 amide bonds. The van der Waals surface area contributed by atoms with Crippen LogP contribution in [0.5, 0.6) is 5.75 Å².